The number of para-hydroxylation sites is 2. The minimum atomic E-state index is 0.218. The minimum absolute atomic E-state index is 0.218. The smallest absolute Gasteiger partial charge is 0.223 e. The molecule has 0 atom stereocenters. The van der Waals surface area contributed by atoms with Crippen molar-refractivity contribution in [3.05, 3.63) is 72.6 Å². The summed E-state index contributed by atoms with van der Waals surface area (Å²) in [6, 6.07) is 22.9. The molecule has 182 valence electrons. The van der Waals surface area contributed by atoms with Crippen molar-refractivity contribution in [1.29, 1.82) is 0 Å². The molecular weight excluding hydrogens is 434 g/mol. The van der Waals surface area contributed by atoms with E-state index < -0.39 is 0 Å². The van der Waals surface area contributed by atoms with E-state index in [1.807, 2.05) is 12.1 Å². The molecule has 5 heteroatoms. The normalized spacial score (nSPS) is 14.4. The first-order valence-corrected chi connectivity index (χ1v) is 13.1. The molecule has 0 bridgehead atoms. The lowest BCUT2D eigenvalue weighted by Gasteiger charge is -2.20. The van der Waals surface area contributed by atoms with Crippen molar-refractivity contribution >= 4 is 27.7 Å². The van der Waals surface area contributed by atoms with Crippen molar-refractivity contribution in [2.45, 2.75) is 57.9 Å². The predicted molar refractivity (Wildman–Crippen MR) is 142 cm³/mol. The van der Waals surface area contributed by atoms with Gasteiger partial charge in [-0.2, -0.15) is 0 Å². The van der Waals surface area contributed by atoms with E-state index in [1.54, 1.807) is 0 Å². The standard InChI is InChI=1S/C30H35N3O2/c34-30(24-11-2-1-3-12-24)31-19-8-16-29-32-27-14-6-7-15-28(27)33(29)20-9-21-35-26-18-17-23-10-4-5-13-25(23)22-26/h4-7,10,13-15,17-18,22,24H,1-3,8-9,11-12,16,19-21H2,(H,31,34). The zero-order chi connectivity index (χ0) is 23.9. The molecule has 1 N–H and O–H groups in total. The Kier molecular flexibility index (Phi) is 7.62. The first-order chi connectivity index (χ1) is 17.3. The number of carbonyl (C=O) groups excluding carboxylic acids is 1. The third kappa shape index (κ3) is 5.84. The molecule has 1 amide bonds. The zero-order valence-corrected chi connectivity index (χ0v) is 20.4. The number of amides is 1. The Morgan fingerprint density at radius 2 is 1.74 bits per heavy atom. The van der Waals surface area contributed by atoms with Gasteiger partial charge >= 0.3 is 0 Å². The summed E-state index contributed by atoms with van der Waals surface area (Å²) in [5.41, 5.74) is 2.20. The van der Waals surface area contributed by atoms with Crippen LogP contribution in [-0.2, 0) is 17.8 Å². The first kappa shape index (κ1) is 23.4. The number of aryl methyl sites for hydroxylation is 2. The van der Waals surface area contributed by atoms with Gasteiger partial charge in [0.15, 0.2) is 0 Å². The van der Waals surface area contributed by atoms with Gasteiger partial charge in [0.1, 0.15) is 11.6 Å². The summed E-state index contributed by atoms with van der Waals surface area (Å²) >= 11 is 0. The molecule has 1 fully saturated rings. The molecule has 0 radical (unpaired) electrons. The van der Waals surface area contributed by atoms with Crippen LogP contribution in [0.2, 0.25) is 0 Å². The third-order valence-electron chi connectivity index (χ3n) is 7.10. The van der Waals surface area contributed by atoms with E-state index in [9.17, 15) is 4.79 Å². The Morgan fingerprint density at radius 3 is 2.63 bits per heavy atom. The van der Waals surface area contributed by atoms with Gasteiger partial charge in [-0.15, -0.1) is 0 Å². The van der Waals surface area contributed by atoms with E-state index in [-0.39, 0.29) is 11.8 Å². The Balaban J connectivity index is 1.15. The predicted octanol–water partition coefficient (Wildman–Crippen LogP) is 6.29. The molecule has 4 aromatic rings. The second-order valence-corrected chi connectivity index (χ2v) is 9.61. The van der Waals surface area contributed by atoms with E-state index in [0.717, 1.165) is 55.7 Å². The van der Waals surface area contributed by atoms with Crippen molar-refractivity contribution in [3.63, 3.8) is 0 Å². The van der Waals surface area contributed by atoms with Gasteiger partial charge in [-0.3, -0.25) is 4.79 Å². The van der Waals surface area contributed by atoms with Crippen LogP contribution >= 0.6 is 0 Å². The summed E-state index contributed by atoms with van der Waals surface area (Å²) in [5.74, 6) is 2.46. The molecule has 1 aliphatic carbocycles. The highest BCUT2D eigenvalue weighted by Crippen LogP contribution is 2.24. The maximum absolute atomic E-state index is 12.4. The van der Waals surface area contributed by atoms with Gasteiger partial charge in [0.2, 0.25) is 5.91 Å². The zero-order valence-electron chi connectivity index (χ0n) is 20.4. The summed E-state index contributed by atoms with van der Waals surface area (Å²) in [6.07, 6.45) is 8.39. The molecule has 0 unspecified atom stereocenters. The maximum atomic E-state index is 12.4. The van der Waals surface area contributed by atoms with Crippen molar-refractivity contribution < 1.29 is 9.53 Å². The summed E-state index contributed by atoms with van der Waals surface area (Å²) in [7, 11) is 0. The van der Waals surface area contributed by atoms with E-state index in [0.29, 0.717) is 13.2 Å². The van der Waals surface area contributed by atoms with Crippen LogP contribution in [0.15, 0.2) is 66.7 Å². The minimum Gasteiger partial charge on any atom is -0.494 e. The molecule has 0 saturated heterocycles. The average Bonchev–Trinajstić information content (AvgIpc) is 3.26. The van der Waals surface area contributed by atoms with Crippen LogP contribution in [0.1, 0.15) is 50.8 Å². The molecule has 1 heterocycles. The number of nitrogens with zero attached hydrogens (tertiary/aromatic N) is 2. The van der Waals surface area contributed by atoms with Crippen LogP contribution in [0.5, 0.6) is 5.75 Å². The molecular formula is C30H35N3O2. The Morgan fingerprint density at radius 1 is 0.943 bits per heavy atom. The van der Waals surface area contributed by atoms with Gasteiger partial charge in [0.05, 0.1) is 17.6 Å². The fourth-order valence-corrected chi connectivity index (χ4v) is 5.20. The van der Waals surface area contributed by atoms with E-state index in [1.165, 1.54) is 35.6 Å². The summed E-state index contributed by atoms with van der Waals surface area (Å²) in [4.78, 5) is 17.3. The van der Waals surface area contributed by atoms with E-state index in [2.05, 4.69) is 64.5 Å². The molecule has 35 heavy (non-hydrogen) atoms. The van der Waals surface area contributed by atoms with Crippen LogP contribution in [0.4, 0.5) is 0 Å². The SMILES string of the molecule is O=C(NCCCc1nc2ccccc2n1CCCOc1ccc2ccccc2c1)C1CCCCC1. The van der Waals surface area contributed by atoms with Gasteiger partial charge in [-0.25, -0.2) is 4.98 Å². The monoisotopic (exact) mass is 469 g/mol. The number of hydrogen-bond donors (Lipinski definition) is 1. The number of nitrogens with one attached hydrogen (secondary N) is 1. The molecule has 1 aliphatic rings. The molecule has 3 aromatic carbocycles. The lowest BCUT2D eigenvalue weighted by molar-refractivity contribution is -0.125. The highest BCUT2D eigenvalue weighted by atomic mass is 16.5. The molecule has 5 rings (SSSR count). The molecule has 0 spiro atoms. The summed E-state index contributed by atoms with van der Waals surface area (Å²) in [6.45, 7) is 2.23. The number of imidazole rings is 1. The van der Waals surface area contributed by atoms with Gasteiger partial charge in [0, 0.05) is 25.4 Å². The van der Waals surface area contributed by atoms with Crippen LogP contribution < -0.4 is 10.1 Å². The van der Waals surface area contributed by atoms with Crippen LogP contribution in [-0.4, -0.2) is 28.6 Å². The number of rotatable bonds is 10. The van der Waals surface area contributed by atoms with Crippen molar-refractivity contribution in [1.82, 2.24) is 14.9 Å². The largest absolute Gasteiger partial charge is 0.494 e. The second-order valence-electron chi connectivity index (χ2n) is 9.61. The Labute approximate surface area is 207 Å². The Hall–Kier alpha value is -3.34. The van der Waals surface area contributed by atoms with E-state index in [4.69, 9.17) is 9.72 Å². The van der Waals surface area contributed by atoms with Gasteiger partial charge in [0.25, 0.3) is 0 Å². The Bertz CT molecular complexity index is 1270. The van der Waals surface area contributed by atoms with Gasteiger partial charge in [-0.1, -0.05) is 61.7 Å². The van der Waals surface area contributed by atoms with Gasteiger partial charge in [-0.05, 0) is 60.7 Å². The fraction of sp³-hybridized carbons (Fsp3) is 0.400. The number of carbonyl (C=O) groups is 1. The number of benzene rings is 3. The molecule has 1 aromatic heterocycles. The average molecular weight is 470 g/mol. The van der Waals surface area contributed by atoms with Crippen LogP contribution in [0.25, 0.3) is 21.8 Å². The number of aromatic nitrogens is 2. The lowest BCUT2D eigenvalue weighted by Crippen LogP contribution is -2.32. The topological polar surface area (TPSA) is 56.2 Å². The van der Waals surface area contributed by atoms with Crippen molar-refractivity contribution in [2.24, 2.45) is 5.92 Å². The number of fused-ring (bicyclic) bond motifs is 2. The third-order valence-corrected chi connectivity index (χ3v) is 7.10. The lowest BCUT2D eigenvalue weighted by atomic mass is 9.89. The van der Waals surface area contributed by atoms with Crippen molar-refractivity contribution in [2.75, 3.05) is 13.2 Å². The fourth-order valence-electron chi connectivity index (χ4n) is 5.20. The van der Waals surface area contributed by atoms with E-state index >= 15 is 0 Å². The van der Waals surface area contributed by atoms with Crippen LogP contribution in [0.3, 0.4) is 0 Å². The second kappa shape index (κ2) is 11.4. The van der Waals surface area contributed by atoms with Crippen LogP contribution in [0, 0.1) is 5.92 Å². The highest BCUT2D eigenvalue weighted by Gasteiger charge is 2.20. The molecule has 5 nitrogen and oxygen atoms in total. The molecule has 1 saturated carbocycles. The van der Waals surface area contributed by atoms with Crippen molar-refractivity contribution in [3.8, 4) is 5.75 Å². The maximum Gasteiger partial charge on any atom is 0.223 e. The number of hydrogen-bond acceptors (Lipinski definition) is 3. The highest BCUT2D eigenvalue weighted by molar-refractivity contribution is 5.83. The first-order valence-electron chi connectivity index (χ1n) is 13.1. The quantitative estimate of drug-likeness (QED) is 0.278. The summed E-state index contributed by atoms with van der Waals surface area (Å²) < 4.78 is 8.39. The summed E-state index contributed by atoms with van der Waals surface area (Å²) in [5, 5.41) is 5.59. The molecule has 0 aliphatic heterocycles. The number of ether oxygens (including phenoxy) is 1. The van der Waals surface area contributed by atoms with Gasteiger partial charge < -0.3 is 14.6 Å².